The quantitative estimate of drug-likeness (QED) is 0.0303. The number of hydrogen-bond donors (Lipinski definition) is 24. The maximum Gasteiger partial charge on any atom is 0.333 e. The second-order valence-corrected chi connectivity index (χ2v) is 33.8. The summed E-state index contributed by atoms with van der Waals surface area (Å²) in [7, 11) is 0.845. The number of aromatic hydroxyl groups is 4. The fraction of sp³-hybridized carbons (Fsp3) is 0.411. The average Bonchev–Trinajstić information content (AvgIpc) is 0.757. The van der Waals surface area contributed by atoms with E-state index in [4.69, 9.17) is 76.3 Å². The summed E-state index contributed by atoms with van der Waals surface area (Å²) in [4.78, 5) is 140. The first kappa shape index (κ1) is 98.6. The van der Waals surface area contributed by atoms with Crippen LogP contribution in [0.4, 0.5) is 0 Å². The molecule has 24 atom stereocenters. The van der Waals surface area contributed by atoms with Crippen LogP contribution in [0.25, 0.3) is 11.1 Å². The monoisotopic (exact) mass is 1920 g/mol. The highest BCUT2D eigenvalue weighted by molar-refractivity contribution is 6.32. The topological polar surface area (TPSA) is 672 Å². The van der Waals surface area contributed by atoms with Crippen LogP contribution in [0.15, 0.2) is 121 Å². The lowest BCUT2D eigenvalue weighted by atomic mass is 9.89. The Hall–Kier alpha value is -12.4. The fourth-order valence-corrected chi connectivity index (χ4v) is 17.0. The predicted molar refractivity (Wildman–Crippen MR) is 463 cm³/mol. The van der Waals surface area contributed by atoms with E-state index in [1.54, 1.807) is 6.08 Å². The van der Waals surface area contributed by atoms with Crippen LogP contribution in [0.2, 0.25) is 10.0 Å². The molecule has 3 fully saturated rings. The largest absolute Gasteiger partial charge is 0.508 e. The average molecular weight is 1920 g/mol. The summed E-state index contributed by atoms with van der Waals surface area (Å²) in [5.74, 6) is -19.7. The summed E-state index contributed by atoms with van der Waals surface area (Å²) in [6.45, 7) is 1.19. The summed E-state index contributed by atoms with van der Waals surface area (Å²) in [6.07, 6.45) is -24.0. The molecule has 24 unspecified atom stereocenters. The molecule has 0 radical (unpaired) electrons. The number of nitrogens with one attached hydrogen (secondary N) is 8. The molecular formula is C90H99Cl2N9O34. The first-order valence-electron chi connectivity index (χ1n) is 42.7. The summed E-state index contributed by atoms with van der Waals surface area (Å²) in [5.41, 5.74) is 2.34. The molecule has 135 heavy (non-hydrogen) atoms. The zero-order chi connectivity index (χ0) is 97.1. The maximum atomic E-state index is 17.1. The first-order chi connectivity index (χ1) is 64.4. The predicted octanol–water partition coefficient (Wildman–Crippen LogP) is 0.827. The number of aliphatic hydroxyl groups excluding tert-OH is 11. The van der Waals surface area contributed by atoms with Crippen LogP contribution in [0.5, 0.6) is 69.0 Å². The van der Waals surface area contributed by atoms with Crippen LogP contribution in [-0.2, 0) is 66.8 Å². The normalized spacial score (nSPS) is 29.1. The number of rotatable bonds is 19. The lowest BCUT2D eigenvalue weighted by Crippen LogP contribution is -2.65. The Labute approximate surface area is 776 Å². The molecule has 8 amide bonds. The molecule has 0 aromatic heterocycles. The second kappa shape index (κ2) is 41.9. The van der Waals surface area contributed by atoms with Crippen LogP contribution in [0.3, 0.4) is 0 Å². The highest BCUT2D eigenvalue weighted by Gasteiger charge is 2.53. The number of ether oxygens (including phenoxy) is 10. The SMILES string of the molecule is CCCCCC=CCCC(=O)NC1C(Oc2c3cc4cc2Oc2ccc(cc2Cl)C(OC2OC(CO)C(O)C(O)C2NC(C)=O)C2NC(=O)C(NC(=O)C4NC(=O)C4NC(=O)C(NC(=O)C(N)c5ccc(O)c(c5)Oc5cc4cc(O)c5C)C(O)c4ccc(c(Cl)c4)O3)c3ccc(O)c(c3)-c3c(OC4OC(CO)C(O)C(O)C4O)cc(O)cc3C(C(=O)OC)NC2=O)OC(CO)C(O)C1O. The lowest BCUT2D eigenvalue weighted by molar-refractivity contribution is -0.284. The third-order valence-electron chi connectivity index (χ3n) is 23.9. The van der Waals surface area contributed by atoms with Crippen molar-refractivity contribution in [2.75, 3.05) is 26.9 Å². The summed E-state index contributed by atoms with van der Waals surface area (Å²) in [5, 5.41) is 192. The van der Waals surface area contributed by atoms with Crippen LogP contribution in [0, 0.1) is 6.92 Å². The number of phenolic OH excluding ortho intramolecular Hbond substituents is 4. The number of halogens is 2. The number of benzene rings is 7. The van der Waals surface area contributed by atoms with Crippen molar-refractivity contribution in [3.05, 3.63) is 176 Å². The Morgan fingerprint density at radius 1 is 0.489 bits per heavy atom. The Morgan fingerprint density at radius 3 is 1.63 bits per heavy atom. The molecule has 17 bridgehead atoms. The van der Waals surface area contributed by atoms with Gasteiger partial charge in [0.2, 0.25) is 65.6 Å². The number of allylic oxidation sites excluding steroid dienone is 2. The van der Waals surface area contributed by atoms with Gasteiger partial charge in [-0.25, -0.2) is 4.79 Å². The van der Waals surface area contributed by atoms with Crippen molar-refractivity contribution in [1.82, 2.24) is 42.5 Å². The van der Waals surface area contributed by atoms with Crippen molar-refractivity contribution in [3.63, 3.8) is 0 Å². The van der Waals surface area contributed by atoms with Crippen LogP contribution >= 0.6 is 23.2 Å². The number of fused-ring (bicyclic) bond motifs is 14. The molecule has 722 valence electrons. The van der Waals surface area contributed by atoms with Gasteiger partial charge in [0.05, 0.1) is 37.0 Å². The molecule has 9 aliphatic rings. The first-order valence-corrected chi connectivity index (χ1v) is 43.4. The number of methoxy groups -OCH3 is 1. The molecule has 25 N–H and O–H groups in total. The Morgan fingerprint density at radius 2 is 1.01 bits per heavy atom. The summed E-state index contributed by atoms with van der Waals surface area (Å²) < 4.78 is 63.0. The molecule has 9 heterocycles. The van der Waals surface area contributed by atoms with E-state index in [1.807, 2.05) is 13.0 Å². The van der Waals surface area contributed by atoms with E-state index in [2.05, 4.69) is 42.5 Å². The van der Waals surface area contributed by atoms with E-state index in [-0.39, 0.29) is 40.8 Å². The number of unbranched alkanes of at least 4 members (excludes halogenated alkanes) is 3. The van der Waals surface area contributed by atoms with Gasteiger partial charge < -0.3 is 172 Å². The molecular weight excluding hydrogens is 1820 g/mol. The molecule has 0 aliphatic carbocycles. The summed E-state index contributed by atoms with van der Waals surface area (Å²) in [6, 6.07) is -1.55. The highest BCUT2D eigenvalue weighted by Crippen LogP contribution is 2.52. The van der Waals surface area contributed by atoms with Gasteiger partial charge in [-0.2, -0.15) is 0 Å². The van der Waals surface area contributed by atoms with Gasteiger partial charge in [0.1, 0.15) is 162 Å². The smallest absolute Gasteiger partial charge is 0.333 e. The number of esters is 1. The van der Waals surface area contributed by atoms with Gasteiger partial charge >= 0.3 is 5.97 Å². The Balaban J connectivity index is 1.05. The maximum absolute atomic E-state index is 17.1. The molecule has 0 saturated carbocycles. The van der Waals surface area contributed by atoms with Gasteiger partial charge in [0, 0.05) is 41.7 Å². The number of phenols is 4. The van der Waals surface area contributed by atoms with E-state index in [0.29, 0.717) is 6.42 Å². The summed E-state index contributed by atoms with van der Waals surface area (Å²) >= 11 is 14.7. The van der Waals surface area contributed by atoms with Crippen molar-refractivity contribution in [2.45, 2.75) is 206 Å². The minimum atomic E-state index is -2.57. The molecule has 7 aromatic rings. The van der Waals surface area contributed by atoms with E-state index < -0.39 is 326 Å². The van der Waals surface area contributed by atoms with Gasteiger partial charge in [-0.15, -0.1) is 0 Å². The van der Waals surface area contributed by atoms with E-state index in [0.717, 1.165) is 136 Å². The zero-order valence-electron chi connectivity index (χ0n) is 72.1. The molecule has 9 aliphatic heterocycles. The third-order valence-corrected chi connectivity index (χ3v) is 24.5. The van der Waals surface area contributed by atoms with Crippen molar-refractivity contribution in [3.8, 4) is 80.1 Å². The number of amides is 8. The Kier molecular flexibility index (Phi) is 30.6. The lowest BCUT2D eigenvalue weighted by Gasteiger charge is -2.44. The minimum Gasteiger partial charge on any atom is -0.508 e. The highest BCUT2D eigenvalue weighted by atomic mass is 35.5. The molecule has 16 rings (SSSR count). The molecule has 45 heteroatoms. The molecule has 7 aromatic carbocycles. The second-order valence-electron chi connectivity index (χ2n) is 33.0. The number of aliphatic hydroxyl groups is 11. The van der Waals surface area contributed by atoms with Crippen molar-refractivity contribution >= 4 is 76.4 Å². The van der Waals surface area contributed by atoms with Gasteiger partial charge in [-0.3, -0.25) is 38.4 Å². The fourth-order valence-electron chi connectivity index (χ4n) is 16.5. The number of hydrogen-bond acceptors (Lipinski definition) is 35. The number of nitrogens with two attached hydrogens (primary N) is 1. The number of carbonyl (C=O) groups excluding carboxylic acids is 9. The van der Waals surface area contributed by atoms with Gasteiger partial charge in [-0.1, -0.05) is 79.4 Å². The Bertz CT molecular complexity index is 5720. The van der Waals surface area contributed by atoms with Crippen LogP contribution in [0.1, 0.15) is 139 Å². The van der Waals surface area contributed by atoms with Gasteiger partial charge in [-0.05, 0) is 138 Å². The van der Waals surface area contributed by atoms with Crippen molar-refractivity contribution < 1.29 is 167 Å². The van der Waals surface area contributed by atoms with Gasteiger partial charge in [0.15, 0.2) is 35.3 Å². The minimum absolute atomic E-state index is 0.0517. The van der Waals surface area contributed by atoms with Crippen LogP contribution in [-0.4, -0.2) is 261 Å². The number of carbonyl (C=O) groups is 9. The van der Waals surface area contributed by atoms with E-state index in [9.17, 15) is 95.8 Å². The van der Waals surface area contributed by atoms with Crippen molar-refractivity contribution in [1.29, 1.82) is 0 Å². The van der Waals surface area contributed by atoms with Crippen LogP contribution < -0.4 is 72.0 Å². The standard InChI is InChI=1S/C90H99Cl2N9O34/c1-5-6-7-8-9-10-11-12-60(110)95-69-76(116)73(113)58(32-103)132-89(69)135-80-55-27-41-28-56(80)128-51-20-16-39(23-46(51)92)79(134-88-68(94-35(3)105)75(115)72(112)57(31-102)131-88)70-86(124)99-66(87(125)126-4)44-29-42(106)30-54(130-90-78(118)77(117)74(114)59(33-104)133-90)61(44)43-21-37(14-17-47(43)107)63(82(120)101-70)96-84(122)65(41)97-83(121)64-40-24-49(109)34(2)52(26-40)129-53-25-36(13-18-48(53)108)62(93)81(119)100-67(85(123)98-64)71(111)38-15-19-50(127-55)45(91)22-38/h9-10,13-30,57-59,62-79,88-90,102-104,106-109,111-118H,5-8,11-12,31-33,93H2,1-4H3,(H,94,105)(H,95,110)(H,96,122)(H,97,121)(H,98,123)(H,99,124)(H,100,119)(H,101,120). The van der Waals surface area contributed by atoms with E-state index in [1.165, 1.54) is 13.0 Å². The third kappa shape index (κ3) is 20.9. The van der Waals surface area contributed by atoms with E-state index >= 15 is 24.0 Å². The zero-order valence-corrected chi connectivity index (χ0v) is 73.6. The molecule has 0 spiro atoms. The molecule has 43 nitrogen and oxygen atoms in total. The van der Waals surface area contributed by atoms with Crippen molar-refractivity contribution in [2.24, 2.45) is 5.73 Å². The molecule has 3 saturated heterocycles. The van der Waals surface area contributed by atoms with Gasteiger partial charge in [0.25, 0.3) is 0 Å².